The number of carbonyl (C=O) groups is 1. The second kappa shape index (κ2) is 10.7. The Hall–Kier alpha value is -3.81. The number of anilines is 2. The number of carbonyl (C=O) groups excluding carboxylic acids is 1. The molecule has 0 fully saturated rings. The number of benzene rings is 2. The van der Waals surface area contributed by atoms with Crippen LogP contribution in [0.3, 0.4) is 0 Å². The number of aryl methyl sites for hydroxylation is 1. The van der Waals surface area contributed by atoms with Crippen LogP contribution < -0.4 is 25.2 Å². The van der Waals surface area contributed by atoms with Gasteiger partial charge in [0.05, 0.1) is 19.9 Å². The first kappa shape index (κ1) is 23.8. The number of amides is 1. The lowest BCUT2D eigenvalue weighted by Gasteiger charge is -2.22. The Labute approximate surface area is 193 Å². The van der Waals surface area contributed by atoms with Crippen molar-refractivity contribution in [2.24, 2.45) is 0 Å². The summed E-state index contributed by atoms with van der Waals surface area (Å²) >= 11 is 0. The van der Waals surface area contributed by atoms with E-state index in [2.05, 4.69) is 29.2 Å². The fourth-order valence-electron chi connectivity index (χ4n) is 3.62. The van der Waals surface area contributed by atoms with Crippen LogP contribution in [0.15, 0.2) is 53.3 Å². The van der Waals surface area contributed by atoms with Gasteiger partial charge in [-0.15, -0.1) is 0 Å². The number of methoxy groups -OCH3 is 2. The highest BCUT2D eigenvalue weighted by Gasteiger charge is 2.14. The molecular weight excluding hydrogens is 420 g/mol. The number of aromatic nitrogens is 2. The van der Waals surface area contributed by atoms with E-state index < -0.39 is 0 Å². The molecule has 1 aromatic heterocycles. The summed E-state index contributed by atoms with van der Waals surface area (Å²) in [5.41, 5.74) is 3.54. The van der Waals surface area contributed by atoms with Crippen LogP contribution >= 0.6 is 0 Å². The van der Waals surface area contributed by atoms with Gasteiger partial charge < -0.3 is 19.7 Å². The number of hydrogen-bond donors (Lipinski definition) is 1. The van der Waals surface area contributed by atoms with Crippen molar-refractivity contribution in [3.05, 3.63) is 64.4 Å². The monoisotopic (exact) mass is 450 g/mol. The first-order chi connectivity index (χ1) is 15.9. The Morgan fingerprint density at radius 2 is 1.79 bits per heavy atom. The minimum atomic E-state index is -0.371. The standard InChI is InChI=1S/C25H30N4O4/c1-6-28(7-2)18-8-10-21(17(3)14-18)26-24(30)16-29-25(31)13-11-22(27-29)20-15-19(32-4)9-12-23(20)33-5/h8-15H,6-7,16H2,1-5H3,(H,26,30). The third-order valence-electron chi connectivity index (χ3n) is 5.46. The molecular formula is C25H30N4O4. The maximum atomic E-state index is 12.7. The summed E-state index contributed by atoms with van der Waals surface area (Å²) in [6.07, 6.45) is 0. The summed E-state index contributed by atoms with van der Waals surface area (Å²) in [6.45, 7) is 7.76. The van der Waals surface area contributed by atoms with Crippen molar-refractivity contribution in [2.45, 2.75) is 27.3 Å². The van der Waals surface area contributed by atoms with E-state index >= 15 is 0 Å². The summed E-state index contributed by atoms with van der Waals surface area (Å²) in [7, 11) is 3.13. The molecule has 1 N–H and O–H groups in total. The molecule has 0 saturated carbocycles. The van der Waals surface area contributed by atoms with Crippen molar-refractivity contribution in [2.75, 3.05) is 37.5 Å². The third kappa shape index (κ3) is 5.52. The van der Waals surface area contributed by atoms with Gasteiger partial charge in [-0.25, -0.2) is 4.68 Å². The van der Waals surface area contributed by atoms with Crippen LogP contribution in [0, 0.1) is 6.92 Å². The minimum absolute atomic E-state index is 0.212. The normalized spacial score (nSPS) is 10.6. The molecule has 0 bridgehead atoms. The number of rotatable bonds is 9. The second-order valence-electron chi connectivity index (χ2n) is 7.50. The summed E-state index contributed by atoms with van der Waals surface area (Å²) < 4.78 is 11.9. The van der Waals surface area contributed by atoms with Gasteiger partial charge in [0.1, 0.15) is 18.0 Å². The number of hydrogen-bond acceptors (Lipinski definition) is 6. The molecule has 0 atom stereocenters. The summed E-state index contributed by atoms with van der Waals surface area (Å²) in [4.78, 5) is 27.3. The van der Waals surface area contributed by atoms with Crippen LogP contribution in [0.2, 0.25) is 0 Å². The van der Waals surface area contributed by atoms with Gasteiger partial charge in [-0.1, -0.05) is 0 Å². The molecule has 0 unspecified atom stereocenters. The largest absolute Gasteiger partial charge is 0.497 e. The van der Waals surface area contributed by atoms with Crippen molar-refractivity contribution in [3.8, 4) is 22.8 Å². The van der Waals surface area contributed by atoms with Crippen LogP contribution in [0.5, 0.6) is 11.5 Å². The molecule has 0 spiro atoms. The Bertz CT molecular complexity index is 1190. The van der Waals surface area contributed by atoms with Gasteiger partial charge in [-0.3, -0.25) is 9.59 Å². The van der Waals surface area contributed by atoms with Crippen molar-refractivity contribution >= 4 is 17.3 Å². The van der Waals surface area contributed by atoms with Gasteiger partial charge in [0.15, 0.2) is 0 Å². The molecule has 3 rings (SSSR count). The predicted molar refractivity (Wildman–Crippen MR) is 130 cm³/mol. The Balaban J connectivity index is 1.82. The third-order valence-corrected chi connectivity index (χ3v) is 5.46. The molecule has 2 aromatic carbocycles. The van der Waals surface area contributed by atoms with Crippen LogP contribution in [-0.4, -0.2) is 43.0 Å². The van der Waals surface area contributed by atoms with Gasteiger partial charge in [0.2, 0.25) is 5.91 Å². The zero-order chi connectivity index (χ0) is 24.0. The summed E-state index contributed by atoms with van der Waals surface area (Å²) in [6, 6.07) is 14.2. The summed E-state index contributed by atoms with van der Waals surface area (Å²) in [5.74, 6) is 0.881. The fourth-order valence-corrected chi connectivity index (χ4v) is 3.62. The SMILES string of the molecule is CCN(CC)c1ccc(NC(=O)Cn2nc(-c3cc(OC)ccc3OC)ccc2=O)c(C)c1. The van der Waals surface area contributed by atoms with Crippen LogP contribution in [-0.2, 0) is 11.3 Å². The molecule has 0 aliphatic heterocycles. The number of nitrogens with one attached hydrogen (secondary N) is 1. The molecule has 174 valence electrons. The van der Waals surface area contributed by atoms with E-state index in [-0.39, 0.29) is 18.0 Å². The zero-order valence-electron chi connectivity index (χ0n) is 19.7. The molecule has 1 heterocycles. The lowest BCUT2D eigenvalue weighted by molar-refractivity contribution is -0.117. The molecule has 1 amide bonds. The lowest BCUT2D eigenvalue weighted by atomic mass is 10.1. The Kier molecular flexibility index (Phi) is 7.71. The molecule has 3 aromatic rings. The predicted octanol–water partition coefficient (Wildman–Crippen LogP) is 3.72. The molecule has 0 aliphatic rings. The minimum Gasteiger partial charge on any atom is -0.497 e. The van der Waals surface area contributed by atoms with Gasteiger partial charge in [0.25, 0.3) is 5.56 Å². The average Bonchev–Trinajstić information content (AvgIpc) is 2.82. The van der Waals surface area contributed by atoms with Gasteiger partial charge in [-0.05, 0) is 68.8 Å². The van der Waals surface area contributed by atoms with E-state index in [1.807, 2.05) is 25.1 Å². The topological polar surface area (TPSA) is 85.7 Å². The van der Waals surface area contributed by atoms with Crippen LogP contribution in [0.25, 0.3) is 11.3 Å². The van der Waals surface area contributed by atoms with Crippen molar-refractivity contribution in [1.29, 1.82) is 0 Å². The summed E-state index contributed by atoms with van der Waals surface area (Å²) in [5, 5.41) is 7.28. The first-order valence-corrected chi connectivity index (χ1v) is 10.9. The van der Waals surface area contributed by atoms with E-state index in [0.717, 1.165) is 29.0 Å². The zero-order valence-corrected chi connectivity index (χ0v) is 19.7. The molecule has 33 heavy (non-hydrogen) atoms. The number of ether oxygens (including phenoxy) is 2. The molecule has 0 aliphatic carbocycles. The quantitative estimate of drug-likeness (QED) is 0.535. The van der Waals surface area contributed by atoms with E-state index in [9.17, 15) is 9.59 Å². The van der Waals surface area contributed by atoms with Crippen molar-refractivity contribution in [1.82, 2.24) is 9.78 Å². The molecule has 0 radical (unpaired) electrons. The second-order valence-corrected chi connectivity index (χ2v) is 7.50. The van der Waals surface area contributed by atoms with Crippen LogP contribution in [0.1, 0.15) is 19.4 Å². The van der Waals surface area contributed by atoms with Crippen molar-refractivity contribution in [3.63, 3.8) is 0 Å². The lowest BCUT2D eigenvalue weighted by Crippen LogP contribution is -2.29. The maximum Gasteiger partial charge on any atom is 0.267 e. The molecule has 8 nitrogen and oxygen atoms in total. The van der Waals surface area contributed by atoms with Gasteiger partial charge in [0, 0.05) is 36.1 Å². The van der Waals surface area contributed by atoms with Crippen LogP contribution in [0.4, 0.5) is 11.4 Å². The average molecular weight is 451 g/mol. The Morgan fingerprint density at radius 3 is 2.42 bits per heavy atom. The number of nitrogens with zero attached hydrogens (tertiary/aromatic N) is 3. The fraction of sp³-hybridized carbons (Fsp3) is 0.320. The molecule has 0 saturated heterocycles. The Morgan fingerprint density at radius 1 is 1.03 bits per heavy atom. The van der Waals surface area contributed by atoms with E-state index in [1.165, 1.54) is 6.07 Å². The highest BCUT2D eigenvalue weighted by molar-refractivity contribution is 5.91. The molecule has 8 heteroatoms. The van der Waals surface area contributed by atoms with Crippen molar-refractivity contribution < 1.29 is 14.3 Å². The highest BCUT2D eigenvalue weighted by atomic mass is 16.5. The van der Waals surface area contributed by atoms with E-state index in [0.29, 0.717) is 28.4 Å². The van der Waals surface area contributed by atoms with Gasteiger partial charge in [-0.2, -0.15) is 5.10 Å². The van der Waals surface area contributed by atoms with E-state index in [1.54, 1.807) is 38.5 Å². The smallest absolute Gasteiger partial charge is 0.267 e. The van der Waals surface area contributed by atoms with E-state index in [4.69, 9.17) is 9.47 Å². The van der Waals surface area contributed by atoms with Gasteiger partial charge >= 0.3 is 0 Å². The first-order valence-electron chi connectivity index (χ1n) is 10.9. The maximum absolute atomic E-state index is 12.7. The highest BCUT2D eigenvalue weighted by Crippen LogP contribution is 2.31.